The van der Waals surface area contributed by atoms with Crippen LogP contribution in [0.15, 0.2) is 28.8 Å². The van der Waals surface area contributed by atoms with Crippen molar-refractivity contribution in [3.63, 3.8) is 0 Å². The number of ether oxygens (including phenoxy) is 2. The fraction of sp³-hybridized carbons (Fsp3) is 0.375. The zero-order valence-corrected chi connectivity index (χ0v) is 12.5. The van der Waals surface area contributed by atoms with Crippen LogP contribution in [-0.2, 0) is 22.6 Å². The lowest BCUT2D eigenvalue weighted by Gasteiger charge is -2.06. The van der Waals surface area contributed by atoms with Crippen LogP contribution in [-0.4, -0.2) is 18.2 Å². The molecule has 0 radical (unpaired) electrons. The maximum atomic E-state index is 11.7. The van der Waals surface area contributed by atoms with Gasteiger partial charge in [0, 0.05) is 12.5 Å². The Morgan fingerprint density at radius 2 is 2.05 bits per heavy atom. The van der Waals surface area contributed by atoms with E-state index in [4.69, 9.17) is 14.0 Å². The fourth-order valence-corrected chi connectivity index (χ4v) is 1.86. The molecule has 0 saturated carbocycles. The minimum atomic E-state index is -0.261. The van der Waals surface area contributed by atoms with E-state index in [1.807, 2.05) is 25.1 Å². The fourth-order valence-electron chi connectivity index (χ4n) is 1.86. The third-order valence-corrected chi connectivity index (χ3v) is 3.29. The molecule has 5 nitrogen and oxygen atoms in total. The van der Waals surface area contributed by atoms with Gasteiger partial charge < -0.3 is 14.0 Å². The second-order valence-electron chi connectivity index (χ2n) is 4.91. The van der Waals surface area contributed by atoms with Crippen molar-refractivity contribution in [2.45, 2.75) is 33.3 Å². The highest BCUT2D eigenvalue weighted by molar-refractivity contribution is 5.69. The van der Waals surface area contributed by atoms with Crippen LogP contribution in [0, 0.1) is 13.8 Å². The van der Waals surface area contributed by atoms with Gasteiger partial charge in [-0.05, 0) is 35.7 Å². The molecule has 0 amide bonds. The summed E-state index contributed by atoms with van der Waals surface area (Å²) in [4.78, 5) is 11.7. The summed E-state index contributed by atoms with van der Waals surface area (Å²) in [6.45, 7) is 4.38. The monoisotopic (exact) mass is 289 g/mol. The van der Waals surface area contributed by atoms with Crippen molar-refractivity contribution in [3.05, 3.63) is 46.7 Å². The molecule has 0 saturated heterocycles. The summed E-state index contributed by atoms with van der Waals surface area (Å²) >= 11 is 0. The molecule has 21 heavy (non-hydrogen) atoms. The Hall–Kier alpha value is -2.30. The van der Waals surface area contributed by atoms with Crippen molar-refractivity contribution in [2.75, 3.05) is 7.11 Å². The highest BCUT2D eigenvalue weighted by atomic mass is 16.5. The Labute approximate surface area is 123 Å². The third kappa shape index (κ3) is 4.34. The van der Waals surface area contributed by atoms with Gasteiger partial charge >= 0.3 is 5.97 Å². The average Bonchev–Trinajstić information content (AvgIpc) is 2.94. The first-order valence-electron chi connectivity index (χ1n) is 6.80. The van der Waals surface area contributed by atoms with Crippen molar-refractivity contribution in [3.8, 4) is 5.88 Å². The third-order valence-electron chi connectivity index (χ3n) is 3.29. The molecule has 1 aromatic carbocycles. The number of benzene rings is 1. The molecular formula is C16H19NO4. The highest BCUT2D eigenvalue weighted by Crippen LogP contribution is 2.14. The molecule has 1 heterocycles. The van der Waals surface area contributed by atoms with Crippen molar-refractivity contribution >= 4 is 5.97 Å². The van der Waals surface area contributed by atoms with Crippen LogP contribution in [0.1, 0.15) is 28.9 Å². The van der Waals surface area contributed by atoms with Gasteiger partial charge in [0.15, 0.2) is 0 Å². The van der Waals surface area contributed by atoms with Gasteiger partial charge in [0.2, 0.25) is 0 Å². The second-order valence-corrected chi connectivity index (χ2v) is 4.91. The van der Waals surface area contributed by atoms with E-state index >= 15 is 0 Å². The van der Waals surface area contributed by atoms with Crippen LogP contribution in [0.25, 0.3) is 0 Å². The first-order valence-corrected chi connectivity index (χ1v) is 6.80. The molecule has 0 aliphatic heterocycles. The van der Waals surface area contributed by atoms with E-state index in [0.29, 0.717) is 24.7 Å². The van der Waals surface area contributed by atoms with E-state index in [9.17, 15) is 4.79 Å². The maximum Gasteiger partial charge on any atom is 0.306 e. The van der Waals surface area contributed by atoms with Crippen LogP contribution >= 0.6 is 0 Å². The first kappa shape index (κ1) is 15.1. The second kappa shape index (κ2) is 6.92. The number of methoxy groups -OCH3 is 1. The Kier molecular flexibility index (Phi) is 4.98. The number of aryl methyl sites for hydroxylation is 3. The van der Waals surface area contributed by atoms with E-state index in [-0.39, 0.29) is 12.4 Å². The molecule has 1 aromatic heterocycles. The van der Waals surface area contributed by atoms with Crippen molar-refractivity contribution < 1.29 is 18.8 Å². The number of carbonyl (C=O) groups is 1. The average molecular weight is 289 g/mol. The zero-order chi connectivity index (χ0) is 15.2. The van der Waals surface area contributed by atoms with Gasteiger partial charge in [0.1, 0.15) is 12.4 Å². The minimum Gasteiger partial charge on any atom is -0.479 e. The summed E-state index contributed by atoms with van der Waals surface area (Å²) in [5.74, 6) is 0.757. The lowest BCUT2D eigenvalue weighted by molar-refractivity contribution is -0.145. The number of carbonyl (C=O) groups excluding carboxylic acids is 1. The van der Waals surface area contributed by atoms with Crippen LogP contribution in [0.3, 0.4) is 0 Å². The summed E-state index contributed by atoms with van der Waals surface area (Å²) in [7, 11) is 1.51. The van der Waals surface area contributed by atoms with Gasteiger partial charge in [0.05, 0.1) is 13.5 Å². The van der Waals surface area contributed by atoms with Crippen molar-refractivity contribution in [2.24, 2.45) is 0 Å². The molecular weight excluding hydrogens is 270 g/mol. The zero-order valence-electron chi connectivity index (χ0n) is 12.5. The molecule has 112 valence electrons. The minimum absolute atomic E-state index is 0.253. The molecule has 0 aliphatic rings. The normalized spacial score (nSPS) is 10.4. The standard InChI is InChI=1S/C16H19NO4/c1-11-4-5-13(8-12(11)2)10-20-16(18)7-6-14-9-15(19-3)17-21-14/h4-5,8-9H,6-7,10H2,1-3H3. The van der Waals surface area contributed by atoms with Crippen molar-refractivity contribution in [1.82, 2.24) is 5.16 Å². The molecule has 0 aliphatic carbocycles. The van der Waals surface area contributed by atoms with E-state index in [1.54, 1.807) is 6.07 Å². The molecule has 0 bridgehead atoms. The van der Waals surface area contributed by atoms with Crippen LogP contribution in [0.2, 0.25) is 0 Å². The van der Waals surface area contributed by atoms with Gasteiger partial charge in [-0.25, -0.2) is 0 Å². The van der Waals surface area contributed by atoms with Gasteiger partial charge in [0.25, 0.3) is 5.88 Å². The predicted octanol–water partition coefficient (Wildman–Crippen LogP) is 2.98. The molecule has 2 aromatic rings. The summed E-state index contributed by atoms with van der Waals surface area (Å²) in [6.07, 6.45) is 0.700. The number of aromatic nitrogens is 1. The number of esters is 1. The molecule has 0 fully saturated rings. The Morgan fingerprint density at radius 1 is 1.24 bits per heavy atom. The Bertz CT molecular complexity index is 618. The van der Waals surface area contributed by atoms with Crippen LogP contribution < -0.4 is 4.74 Å². The van der Waals surface area contributed by atoms with Gasteiger partial charge in [-0.1, -0.05) is 18.2 Å². The van der Waals surface area contributed by atoms with Crippen molar-refractivity contribution in [1.29, 1.82) is 0 Å². The number of hydrogen-bond donors (Lipinski definition) is 0. The van der Waals surface area contributed by atoms with Gasteiger partial charge in [-0.3, -0.25) is 4.79 Å². The summed E-state index contributed by atoms with van der Waals surface area (Å²) < 4.78 is 15.2. The van der Waals surface area contributed by atoms with E-state index in [2.05, 4.69) is 12.1 Å². The number of hydrogen-bond acceptors (Lipinski definition) is 5. The molecule has 5 heteroatoms. The topological polar surface area (TPSA) is 61.6 Å². The molecule has 2 rings (SSSR count). The Balaban J connectivity index is 1.77. The van der Waals surface area contributed by atoms with E-state index < -0.39 is 0 Å². The molecule has 0 spiro atoms. The number of nitrogens with zero attached hydrogens (tertiary/aromatic N) is 1. The summed E-state index contributed by atoms with van der Waals surface area (Å²) in [5, 5.41) is 3.67. The van der Waals surface area contributed by atoms with E-state index in [0.717, 1.165) is 5.56 Å². The molecule has 0 unspecified atom stereocenters. The summed E-state index contributed by atoms with van der Waals surface area (Å²) in [5.41, 5.74) is 3.41. The number of rotatable bonds is 6. The largest absolute Gasteiger partial charge is 0.479 e. The summed E-state index contributed by atoms with van der Waals surface area (Å²) in [6, 6.07) is 7.69. The van der Waals surface area contributed by atoms with Crippen LogP contribution in [0.5, 0.6) is 5.88 Å². The van der Waals surface area contributed by atoms with Crippen LogP contribution in [0.4, 0.5) is 0 Å². The maximum absolute atomic E-state index is 11.7. The molecule has 0 N–H and O–H groups in total. The lowest BCUT2D eigenvalue weighted by Crippen LogP contribution is -2.06. The lowest BCUT2D eigenvalue weighted by atomic mass is 10.1. The highest BCUT2D eigenvalue weighted by Gasteiger charge is 2.09. The SMILES string of the molecule is COc1cc(CCC(=O)OCc2ccc(C)c(C)c2)on1. The van der Waals surface area contributed by atoms with Gasteiger partial charge in [-0.15, -0.1) is 0 Å². The van der Waals surface area contributed by atoms with Gasteiger partial charge in [-0.2, -0.15) is 0 Å². The Morgan fingerprint density at radius 3 is 2.71 bits per heavy atom. The quantitative estimate of drug-likeness (QED) is 0.765. The first-order chi connectivity index (χ1) is 10.1. The molecule has 0 atom stereocenters. The smallest absolute Gasteiger partial charge is 0.306 e. The predicted molar refractivity (Wildman–Crippen MR) is 77.1 cm³/mol. The van der Waals surface area contributed by atoms with E-state index in [1.165, 1.54) is 18.2 Å².